The molecule has 1 aromatic carbocycles. The second kappa shape index (κ2) is 9.27. The Hall–Kier alpha value is -2.60. The molecule has 1 unspecified atom stereocenters. The number of carbonyl (C=O) groups excluding carboxylic acids is 2. The van der Waals surface area contributed by atoms with E-state index in [0.29, 0.717) is 31.0 Å². The van der Waals surface area contributed by atoms with Gasteiger partial charge in [0.1, 0.15) is 5.69 Å². The summed E-state index contributed by atoms with van der Waals surface area (Å²) in [6.07, 6.45) is 2.02. The number of aryl methyl sites for hydroxylation is 2. The molecule has 2 aromatic rings. The first kappa shape index (κ1) is 21.1. The van der Waals surface area contributed by atoms with Gasteiger partial charge in [0.15, 0.2) is 0 Å². The number of esters is 1. The first-order valence-corrected chi connectivity index (χ1v) is 10.2. The van der Waals surface area contributed by atoms with Gasteiger partial charge in [-0.2, -0.15) is 0 Å². The van der Waals surface area contributed by atoms with Gasteiger partial charge in [-0.15, -0.1) is 0 Å². The SMILES string of the molecule is CCOC(=O)c1[nH]c(C)c(CN(CC2CCCO2)C(=O)c2ccccc2C)c1C. The van der Waals surface area contributed by atoms with Gasteiger partial charge in [-0.3, -0.25) is 4.79 Å². The Bertz CT molecular complexity index is 881. The van der Waals surface area contributed by atoms with E-state index in [0.717, 1.165) is 41.8 Å². The summed E-state index contributed by atoms with van der Waals surface area (Å²) in [5.41, 5.74) is 4.76. The van der Waals surface area contributed by atoms with Gasteiger partial charge in [-0.05, 0) is 63.3 Å². The summed E-state index contributed by atoms with van der Waals surface area (Å²) >= 11 is 0. The van der Waals surface area contributed by atoms with Gasteiger partial charge < -0.3 is 19.4 Å². The number of rotatable bonds is 7. The van der Waals surface area contributed by atoms with Crippen LogP contribution in [0.25, 0.3) is 0 Å². The van der Waals surface area contributed by atoms with Crippen LogP contribution in [0, 0.1) is 20.8 Å². The third kappa shape index (κ3) is 4.70. The third-order valence-electron chi connectivity index (χ3n) is 5.53. The smallest absolute Gasteiger partial charge is 0.355 e. The lowest BCUT2D eigenvalue weighted by molar-refractivity contribution is 0.0506. The molecule has 0 saturated carbocycles. The summed E-state index contributed by atoms with van der Waals surface area (Å²) in [6, 6.07) is 7.63. The maximum Gasteiger partial charge on any atom is 0.355 e. The molecule has 3 rings (SSSR count). The van der Waals surface area contributed by atoms with Gasteiger partial charge in [-0.1, -0.05) is 18.2 Å². The van der Waals surface area contributed by atoms with Crippen LogP contribution in [-0.2, 0) is 16.0 Å². The first-order valence-electron chi connectivity index (χ1n) is 10.2. The zero-order chi connectivity index (χ0) is 21.0. The van der Waals surface area contributed by atoms with Gasteiger partial charge in [0.2, 0.25) is 0 Å². The second-order valence-electron chi connectivity index (χ2n) is 7.58. The molecule has 156 valence electrons. The highest BCUT2D eigenvalue weighted by molar-refractivity contribution is 5.95. The monoisotopic (exact) mass is 398 g/mol. The lowest BCUT2D eigenvalue weighted by Crippen LogP contribution is -2.37. The first-order chi connectivity index (χ1) is 13.9. The predicted molar refractivity (Wildman–Crippen MR) is 111 cm³/mol. The zero-order valence-corrected chi connectivity index (χ0v) is 17.7. The molecule has 0 bridgehead atoms. The van der Waals surface area contributed by atoms with Gasteiger partial charge in [-0.25, -0.2) is 4.79 Å². The lowest BCUT2D eigenvalue weighted by atomic mass is 10.1. The van der Waals surface area contributed by atoms with Crippen LogP contribution in [0.3, 0.4) is 0 Å². The summed E-state index contributed by atoms with van der Waals surface area (Å²) < 4.78 is 10.9. The summed E-state index contributed by atoms with van der Waals surface area (Å²) in [5.74, 6) is -0.383. The third-order valence-corrected chi connectivity index (χ3v) is 5.53. The largest absolute Gasteiger partial charge is 0.461 e. The minimum absolute atomic E-state index is 0.0173. The molecule has 1 amide bonds. The lowest BCUT2D eigenvalue weighted by Gasteiger charge is -2.26. The van der Waals surface area contributed by atoms with E-state index in [-0.39, 0.29) is 18.0 Å². The normalized spacial score (nSPS) is 16.1. The molecular formula is C23H30N2O4. The summed E-state index contributed by atoms with van der Waals surface area (Å²) in [4.78, 5) is 30.6. The van der Waals surface area contributed by atoms with Crippen molar-refractivity contribution in [2.24, 2.45) is 0 Å². The number of nitrogens with one attached hydrogen (secondary N) is 1. The Kier molecular flexibility index (Phi) is 6.75. The van der Waals surface area contributed by atoms with Crippen molar-refractivity contribution in [3.05, 3.63) is 57.9 Å². The molecule has 29 heavy (non-hydrogen) atoms. The molecule has 1 aliphatic heterocycles. The maximum absolute atomic E-state index is 13.4. The van der Waals surface area contributed by atoms with Gasteiger partial charge in [0.05, 0.1) is 12.7 Å². The van der Waals surface area contributed by atoms with Crippen LogP contribution in [0.1, 0.15) is 63.0 Å². The Labute approximate surface area is 172 Å². The predicted octanol–water partition coefficient (Wildman–Crippen LogP) is 3.94. The van der Waals surface area contributed by atoms with Crippen LogP contribution in [0.15, 0.2) is 24.3 Å². The molecule has 1 atom stereocenters. The number of H-pyrrole nitrogens is 1. The quantitative estimate of drug-likeness (QED) is 0.717. The van der Waals surface area contributed by atoms with Crippen LogP contribution in [0.5, 0.6) is 0 Å². The number of hydrogen-bond donors (Lipinski definition) is 1. The number of benzene rings is 1. The van der Waals surface area contributed by atoms with E-state index in [1.54, 1.807) is 6.92 Å². The highest BCUT2D eigenvalue weighted by Crippen LogP contribution is 2.24. The van der Waals surface area contributed by atoms with Crippen molar-refractivity contribution in [2.45, 2.75) is 53.2 Å². The van der Waals surface area contributed by atoms with Crippen molar-refractivity contribution >= 4 is 11.9 Å². The minimum atomic E-state index is -0.366. The zero-order valence-electron chi connectivity index (χ0n) is 17.7. The highest BCUT2D eigenvalue weighted by Gasteiger charge is 2.27. The Morgan fingerprint density at radius 2 is 2.00 bits per heavy atom. The molecule has 1 fully saturated rings. The average Bonchev–Trinajstić information content (AvgIpc) is 3.30. The fourth-order valence-electron chi connectivity index (χ4n) is 3.86. The van der Waals surface area contributed by atoms with Crippen LogP contribution in [0.2, 0.25) is 0 Å². The van der Waals surface area contributed by atoms with E-state index in [9.17, 15) is 9.59 Å². The summed E-state index contributed by atoms with van der Waals surface area (Å²) in [7, 11) is 0. The second-order valence-corrected chi connectivity index (χ2v) is 7.58. The number of ether oxygens (including phenoxy) is 2. The number of nitrogens with zero attached hydrogens (tertiary/aromatic N) is 1. The van der Waals surface area contributed by atoms with E-state index >= 15 is 0 Å². The molecular weight excluding hydrogens is 368 g/mol. The van der Waals surface area contributed by atoms with Crippen molar-refractivity contribution in [1.82, 2.24) is 9.88 Å². The molecule has 1 aliphatic rings. The van der Waals surface area contributed by atoms with E-state index in [2.05, 4.69) is 4.98 Å². The fraction of sp³-hybridized carbons (Fsp3) is 0.478. The molecule has 6 nitrogen and oxygen atoms in total. The van der Waals surface area contributed by atoms with Crippen LogP contribution in [0.4, 0.5) is 0 Å². The molecule has 0 radical (unpaired) electrons. The highest BCUT2D eigenvalue weighted by atomic mass is 16.5. The van der Waals surface area contributed by atoms with E-state index in [1.807, 2.05) is 49.9 Å². The number of amides is 1. The van der Waals surface area contributed by atoms with Gasteiger partial charge in [0, 0.05) is 31.0 Å². The summed E-state index contributed by atoms with van der Waals surface area (Å²) in [6.45, 7) is 9.57. The Morgan fingerprint density at radius 1 is 1.24 bits per heavy atom. The number of aromatic nitrogens is 1. The van der Waals surface area contributed by atoms with Crippen molar-refractivity contribution in [3.8, 4) is 0 Å². The van der Waals surface area contributed by atoms with Crippen LogP contribution in [-0.4, -0.2) is 47.6 Å². The van der Waals surface area contributed by atoms with Crippen molar-refractivity contribution in [3.63, 3.8) is 0 Å². The Morgan fingerprint density at radius 3 is 2.66 bits per heavy atom. The number of aromatic amines is 1. The van der Waals surface area contributed by atoms with E-state index in [1.165, 1.54) is 0 Å². The molecule has 1 aromatic heterocycles. The topological polar surface area (TPSA) is 71.6 Å². The van der Waals surface area contributed by atoms with Crippen molar-refractivity contribution < 1.29 is 19.1 Å². The van der Waals surface area contributed by atoms with E-state index in [4.69, 9.17) is 9.47 Å². The van der Waals surface area contributed by atoms with Crippen LogP contribution < -0.4 is 0 Å². The fourth-order valence-corrected chi connectivity index (χ4v) is 3.86. The maximum atomic E-state index is 13.4. The van der Waals surface area contributed by atoms with Gasteiger partial charge >= 0.3 is 5.97 Å². The summed E-state index contributed by atoms with van der Waals surface area (Å²) in [5, 5.41) is 0. The molecule has 1 N–H and O–H groups in total. The standard InChI is InChI=1S/C23H30N2O4/c1-5-28-23(27)21-16(3)20(17(4)24-21)14-25(13-18-10-8-12-29-18)22(26)19-11-7-6-9-15(19)2/h6-7,9,11,18,24H,5,8,10,12-14H2,1-4H3. The van der Waals surface area contributed by atoms with E-state index < -0.39 is 0 Å². The molecule has 0 spiro atoms. The number of carbonyl (C=O) groups is 2. The van der Waals surface area contributed by atoms with Gasteiger partial charge in [0.25, 0.3) is 5.91 Å². The molecule has 6 heteroatoms. The average molecular weight is 399 g/mol. The number of hydrogen-bond acceptors (Lipinski definition) is 4. The molecule has 1 saturated heterocycles. The van der Waals surface area contributed by atoms with Crippen molar-refractivity contribution in [1.29, 1.82) is 0 Å². The minimum Gasteiger partial charge on any atom is -0.461 e. The molecule has 2 heterocycles. The molecule has 0 aliphatic carbocycles. The van der Waals surface area contributed by atoms with Crippen molar-refractivity contribution in [2.75, 3.05) is 19.8 Å². The van der Waals surface area contributed by atoms with Crippen LogP contribution >= 0.6 is 0 Å². The Balaban J connectivity index is 1.90.